The van der Waals surface area contributed by atoms with E-state index in [1.807, 2.05) is 67.4 Å². The summed E-state index contributed by atoms with van der Waals surface area (Å²) >= 11 is 3.53. The van der Waals surface area contributed by atoms with E-state index in [2.05, 4.69) is 26.1 Å². The van der Waals surface area contributed by atoms with Crippen molar-refractivity contribution in [2.24, 2.45) is 5.92 Å². The molecule has 0 radical (unpaired) electrons. The molecule has 1 aliphatic rings. The third-order valence-corrected chi connectivity index (χ3v) is 9.54. The van der Waals surface area contributed by atoms with Crippen LogP contribution in [0.2, 0.25) is 0 Å². The van der Waals surface area contributed by atoms with Crippen LogP contribution in [-0.4, -0.2) is 70.5 Å². The van der Waals surface area contributed by atoms with Crippen molar-refractivity contribution in [1.29, 1.82) is 0 Å². The summed E-state index contributed by atoms with van der Waals surface area (Å²) in [6.07, 6.45) is 10.2. The van der Waals surface area contributed by atoms with Crippen LogP contribution < -0.4 is 5.32 Å². The molecular weight excluding hydrogens is 545 g/mol. The van der Waals surface area contributed by atoms with E-state index in [0.29, 0.717) is 24.3 Å². The molecule has 0 spiro atoms. The average Bonchev–Trinajstić information content (AvgIpc) is 2.92. The summed E-state index contributed by atoms with van der Waals surface area (Å²) < 4.78 is 6.77. The van der Waals surface area contributed by atoms with Gasteiger partial charge in [-0.15, -0.1) is 0 Å². The average molecular weight is 594 g/mol. The number of rotatable bonds is 14. The van der Waals surface area contributed by atoms with E-state index in [-0.39, 0.29) is 35.6 Å². The Labute approximate surface area is 267 Å². The molecule has 5 nitrogen and oxygen atoms in total. The predicted molar refractivity (Wildman–Crippen MR) is 178 cm³/mol. The SMILES string of the molecule is CSCC[C@H](NC(=O)c1ccc(COC(CSC(C)(C)C)CC2CCCCC2)cc1-c1ccccc1C)C(=O)O.[LiH]. The van der Waals surface area contributed by atoms with Gasteiger partial charge in [-0.25, -0.2) is 4.79 Å². The molecule has 0 bridgehead atoms. The third kappa shape index (κ3) is 12.0. The molecule has 0 saturated heterocycles. The van der Waals surface area contributed by atoms with Crippen molar-refractivity contribution in [3.8, 4) is 11.1 Å². The van der Waals surface area contributed by atoms with E-state index in [4.69, 9.17) is 4.74 Å². The van der Waals surface area contributed by atoms with Crippen molar-refractivity contribution in [2.45, 2.75) is 96.1 Å². The molecule has 222 valence electrons. The first-order chi connectivity index (χ1) is 19.1. The van der Waals surface area contributed by atoms with Gasteiger partial charge in [0.25, 0.3) is 5.91 Å². The molecule has 2 aromatic rings. The molecule has 1 aliphatic carbocycles. The maximum atomic E-state index is 13.4. The monoisotopic (exact) mass is 593 g/mol. The standard InChI is InChI=1S/C33H47NO4S2.Li.H/c1-23-11-9-10-14-27(23)29-20-25(15-16-28(29)31(35)34-30(32(36)37)17-18-39-5)21-38-26(22-40-33(2,3)4)19-24-12-7-6-8-13-24;;/h9-11,14-16,20,24,26,30H,6-8,12-13,17-19,21-22H2,1-5H3,(H,34,35)(H,36,37);;/t26?,30-;;/m0../s1. The number of amides is 1. The van der Waals surface area contributed by atoms with E-state index in [0.717, 1.165) is 40.3 Å². The third-order valence-electron chi connectivity index (χ3n) is 7.49. The van der Waals surface area contributed by atoms with Gasteiger partial charge in [0.1, 0.15) is 6.04 Å². The Morgan fingerprint density at radius 3 is 2.41 bits per heavy atom. The Morgan fingerprint density at radius 1 is 1.07 bits per heavy atom. The van der Waals surface area contributed by atoms with Crippen molar-refractivity contribution in [1.82, 2.24) is 5.32 Å². The summed E-state index contributed by atoms with van der Waals surface area (Å²) in [5, 5.41) is 12.4. The number of hydrogen-bond donors (Lipinski definition) is 2. The number of carboxylic acid groups (broad SMARTS) is 1. The Bertz CT molecular complexity index is 1110. The molecule has 1 amide bonds. The summed E-state index contributed by atoms with van der Waals surface area (Å²) in [7, 11) is 0. The minimum absolute atomic E-state index is 0. The summed E-state index contributed by atoms with van der Waals surface area (Å²) in [4.78, 5) is 25.2. The molecule has 2 atom stereocenters. The Morgan fingerprint density at radius 2 is 1.78 bits per heavy atom. The number of thioether (sulfide) groups is 2. The zero-order valence-corrected chi connectivity index (χ0v) is 26.5. The molecule has 2 aromatic carbocycles. The number of nitrogens with one attached hydrogen (secondary N) is 1. The predicted octanol–water partition coefficient (Wildman–Crippen LogP) is 7.34. The van der Waals surface area contributed by atoms with E-state index < -0.39 is 12.0 Å². The van der Waals surface area contributed by atoms with Gasteiger partial charge >= 0.3 is 24.8 Å². The van der Waals surface area contributed by atoms with Crippen LogP contribution in [0.25, 0.3) is 11.1 Å². The van der Waals surface area contributed by atoms with Gasteiger partial charge in [0.15, 0.2) is 0 Å². The van der Waals surface area contributed by atoms with E-state index >= 15 is 0 Å². The second-order valence-electron chi connectivity index (χ2n) is 11.9. The fourth-order valence-electron chi connectivity index (χ4n) is 5.24. The quantitative estimate of drug-likeness (QED) is 0.223. The fourth-order valence-corrected chi connectivity index (χ4v) is 6.63. The molecule has 1 saturated carbocycles. The molecule has 0 aliphatic heterocycles. The van der Waals surface area contributed by atoms with Gasteiger partial charge in [0.2, 0.25) is 0 Å². The molecule has 1 unspecified atom stereocenters. The Balaban J connectivity index is 0.00000588. The number of ether oxygens (including phenoxy) is 1. The van der Waals surface area contributed by atoms with Crippen LogP contribution in [0.3, 0.4) is 0 Å². The second kappa shape index (κ2) is 17.7. The van der Waals surface area contributed by atoms with E-state index in [1.54, 1.807) is 11.8 Å². The van der Waals surface area contributed by atoms with Gasteiger partial charge in [-0.3, -0.25) is 4.79 Å². The first-order valence-electron chi connectivity index (χ1n) is 14.5. The van der Waals surface area contributed by atoms with Crippen LogP contribution in [0.1, 0.15) is 87.2 Å². The molecular formula is C33H48LiNO4S2. The van der Waals surface area contributed by atoms with E-state index in [9.17, 15) is 14.7 Å². The van der Waals surface area contributed by atoms with Crippen LogP contribution in [-0.2, 0) is 16.1 Å². The zero-order valence-electron chi connectivity index (χ0n) is 24.8. The van der Waals surface area contributed by atoms with Gasteiger partial charge in [-0.05, 0) is 72.1 Å². The van der Waals surface area contributed by atoms with Crippen LogP contribution in [0, 0.1) is 12.8 Å². The summed E-state index contributed by atoms with van der Waals surface area (Å²) in [5.41, 5.74) is 4.33. The molecule has 0 aromatic heterocycles. The van der Waals surface area contributed by atoms with Crippen molar-refractivity contribution < 1.29 is 19.4 Å². The first kappa shape index (κ1) is 35.8. The normalized spacial score (nSPS) is 15.5. The summed E-state index contributed by atoms with van der Waals surface area (Å²) in [5.74, 6) is 0.991. The number of hydrogen-bond acceptors (Lipinski definition) is 5. The Hall–Kier alpha value is -1.36. The van der Waals surface area contributed by atoms with Gasteiger partial charge in [0, 0.05) is 16.1 Å². The van der Waals surface area contributed by atoms with Crippen LogP contribution in [0.15, 0.2) is 42.5 Å². The van der Waals surface area contributed by atoms with Gasteiger partial charge in [-0.1, -0.05) is 83.2 Å². The van der Waals surface area contributed by atoms with Crippen LogP contribution >= 0.6 is 23.5 Å². The van der Waals surface area contributed by atoms with Crippen molar-refractivity contribution >= 4 is 54.3 Å². The van der Waals surface area contributed by atoms with Crippen molar-refractivity contribution in [2.75, 3.05) is 17.8 Å². The summed E-state index contributed by atoms with van der Waals surface area (Å²) in [6.45, 7) is 9.27. The molecule has 41 heavy (non-hydrogen) atoms. The number of carbonyl (C=O) groups excluding carboxylic acids is 1. The van der Waals surface area contributed by atoms with Crippen molar-refractivity contribution in [3.63, 3.8) is 0 Å². The number of carbonyl (C=O) groups is 2. The number of aryl methyl sites for hydroxylation is 1. The van der Waals surface area contributed by atoms with E-state index in [1.165, 1.54) is 32.1 Å². The zero-order chi connectivity index (χ0) is 29.1. The number of carboxylic acids is 1. The number of aliphatic carboxylic acids is 1. The van der Waals surface area contributed by atoms with Gasteiger partial charge in [-0.2, -0.15) is 23.5 Å². The second-order valence-corrected chi connectivity index (χ2v) is 14.8. The Kier molecular flexibility index (Phi) is 15.5. The number of benzene rings is 2. The maximum absolute atomic E-state index is 13.4. The van der Waals surface area contributed by atoms with Crippen LogP contribution in [0.5, 0.6) is 0 Å². The molecule has 1 fully saturated rings. The van der Waals surface area contributed by atoms with Crippen molar-refractivity contribution in [3.05, 3.63) is 59.2 Å². The van der Waals surface area contributed by atoms with Crippen LogP contribution in [0.4, 0.5) is 0 Å². The van der Waals surface area contributed by atoms with Gasteiger partial charge in [0.05, 0.1) is 12.7 Å². The molecule has 8 heteroatoms. The summed E-state index contributed by atoms with van der Waals surface area (Å²) in [6, 6.07) is 12.9. The van der Waals surface area contributed by atoms with Gasteiger partial charge < -0.3 is 15.2 Å². The topological polar surface area (TPSA) is 75.6 Å². The molecule has 0 heterocycles. The first-order valence-corrected chi connectivity index (χ1v) is 16.9. The minimum atomic E-state index is -1.01. The fraction of sp³-hybridized carbons (Fsp3) is 0.576. The molecule has 3 rings (SSSR count). The molecule has 2 N–H and O–H groups in total.